The van der Waals surface area contributed by atoms with Crippen molar-refractivity contribution >= 4 is 10.0 Å². The first-order valence-corrected chi connectivity index (χ1v) is 9.64. The highest BCUT2D eigenvalue weighted by Gasteiger charge is 2.19. The second kappa shape index (κ2) is 9.98. The van der Waals surface area contributed by atoms with Crippen molar-refractivity contribution in [2.75, 3.05) is 13.2 Å². The standard InChI is InChI=1S/C17H29NO3S/c1-4-6-7-8-9-16(14-21-5-2)18-22(19,20)17-12-10-15(3)11-13-17/h10-13,16,18H,4-9,14H2,1-3H3. The van der Waals surface area contributed by atoms with Crippen LogP contribution in [-0.4, -0.2) is 27.7 Å². The van der Waals surface area contributed by atoms with E-state index in [2.05, 4.69) is 11.6 Å². The first kappa shape index (κ1) is 19.1. The van der Waals surface area contributed by atoms with E-state index in [1.807, 2.05) is 26.0 Å². The van der Waals surface area contributed by atoms with Crippen molar-refractivity contribution < 1.29 is 13.2 Å². The van der Waals surface area contributed by atoms with Gasteiger partial charge in [0.15, 0.2) is 0 Å². The van der Waals surface area contributed by atoms with E-state index in [1.165, 1.54) is 12.8 Å². The van der Waals surface area contributed by atoms with Gasteiger partial charge >= 0.3 is 0 Å². The molecule has 126 valence electrons. The van der Waals surface area contributed by atoms with Crippen LogP contribution in [0.15, 0.2) is 29.2 Å². The second-order valence-electron chi connectivity index (χ2n) is 5.64. The van der Waals surface area contributed by atoms with Gasteiger partial charge in [-0.15, -0.1) is 0 Å². The maximum Gasteiger partial charge on any atom is 0.240 e. The van der Waals surface area contributed by atoms with Crippen LogP contribution in [0.25, 0.3) is 0 Å². The molecule has 0 aliphatic rings. The maximum atomic E-state index is 12.4. The Labute approximate surface area is 135 Å². The molecule has 0 heterocycles. The van der Waals surface area contributed by atoms with Crippen molar-refractivity contribution in [1.29, 1.82) is 0 Å². The molecule has 0 radical (unpaired) electrons. The van der Waals surface area contributed by atoms with E-state index in [0.717, 1.165) is 24.8 Å². The van der Waals surface area contributed by atoms with Crippen LogP contribution in [0.3, 0.4) is 0 Å². The van der Waals surface area contributed by atoms with Crippen molar-refractivity contribution in [3.63, 3.8) is 0 Å². The Morgan fingerprint density at radius 3 is 2.36 bits per heavy atom. The fourth-order valence-corrected chi connectivity index (χ4v) is 3.51. The first-order valence-electron chi connectivity index (χ1n) is 8.16. The molecule has 1 aromatic carbocycles. The maximum absolute atomic E-state index is 12.4. The number of unbranched alkanes of at least 4 members (excludes halogenated alkanes) is 3. The highest BCUT2D eigenvalue weighted by Crippen LogP contribution is 2.13. The van der Waals surface area contributed by atoms with E-state index in [4.69, 9.17) is 4.74 Å². The Morgan fingerprint density at radius 2 is 1.77 bits per heavy atom. The van der Waals surface area contributed by atoms with E-state index in [1.54, 1.807) is 12.1 Å². The zero-order valence-corrected chi connectivity index (χ0v) is 14.8. The summed E-state index contributed by atoms with van der Waals surface area (Å²) in [4.78, 5) is 0.313. The van der Waals surface area contributed by atoms with Crippen LogP contribution in [0, 0.1) is 6.92 Å². The van der Waals surface area contributed by atoms with Gasteiger partial charge in [0.1, 0.15) is 0 Å². The predicted molar refractivity (Wildman–Crippen MR) is 90.5 cm³/mol. The quantitative estimate of drug-likeness (QED) is 0.631. The number of sulfonamides is 1. The summed E-state index contributed by atoms with van der Waals surface area (Å²) in [5, 5.41) is 0. The number of hydrogen-bond acceptors (Lipinski definition) is 3. The molecule has 0 fully saturated rings. The van der Waals surface area contributed by atoms with Gasteiger partial charge in [0.2, 0.25) is 10.0 Å². The fraction of sp³-hybridized carbons (Fsp3) is 0.647. The number of hydrogen-bond donors (Lipinski definition) is 1. The average molecular weight is 327 g/mol. The van der Waals surface area contributed by atoms with Crippen molar-refractivity contribution in [2.45, 2.75) is 63.8 Å². The van der Waals surface area contributed by atoms with Crippen LogP contribution in [0.1, 0.15) is 51.5 Å². The molecule has 1 N–H and O–H groups in total. The van der Waals surface area contributed by atoms with E-state index in [0.29, 0.717) is 18.1 Å². The normalized spacial score (nSPS) is 13.2. The van der Waals surface area contributed by atoms with Gasteiger partial charge in [-0.2, -0.15) is 0 Å². The van der Waals surface area contributed by atoms with Gasteiger partial charge in [-0.3, -0.25) is 0 Å². The second-order valence-corrected chi connectivity index (χ2v) is 7.35. The summed E-state index contributed by atoms with van der Waals surface area (Å²) in [5.74, 6) is 0. The van der Waals surface area contributed by atoms with Crippen molar-refractivity contribution in [1.82, 2.24) is 4.72 Å². The highest BCUT2D eigenvalue weighted by atomic mass is 32.2. The third-order valence-corrected chi connectivity index (χ3v) is 5.12. The molecule has 0 aromatic heterocycles. The number of benzene rings is 1. The van der Waals surface area contributed by atoms with Gasteiger partial charge in [0.05, 0.1) is 11.5 Å². The molecule has 0 aliphatic heterocycles. The van der Waals surface area contributed by atoms with Gasteiger partial charge in [-0.25, -0.2) is 13.1 Å². The Morgan fingerprint density at radius 1 is 1.09 bits per heavy atom. The summed E-state index contributed by atoms with van der Waals surface area (Å²) < 4.78 is 33.1. The van der Waals surface area contributed by atoms with Crippen molar-refractivity contribution in [2.24, 2.45) is 0 Å². The largest absolute Gasteiger partial charge is 0.380 e. The Hall–Kier alpha value is -0.910. The molecule has 1 atom stereocenters. The summed E-state index contributed by atoms with van der Waals surface area (Å²) in [6.07, 6.45) is 5.32. The molecule has 1 aromatic rings. The summed E-state index contributed by atoms with van der Waals surface area (Å²) in [7, 11) is -3.48. The van der Waals surface area contributed by atoms with Crippen LogP contribution in [-0.2, 0) is 14.8 Å². The molecular weight excluding hydrogens is 298 g/mol. The average Bonchev–Trinajstić information content (AvgIpc) is 2.49. The lowest BCUT2D eigenvalue weighted by Gasteiger charge is -2.18. The summed E-state index contributed by atoms with van der Waals surface area (Å²) in [6.45, 7) is 7.04. The zero-order chi connectivity index (χ0) is 16.4. The van der Waals surface area contributed by atoms with Gasteiger partial charge in [0.25, 0.3) is 0 Å². The van der Waals surface area contributed by atoms with Crippen LogP contribution >= 0.6 is 0 Å². The molecule has 0 amide bonds. The third-order valence-electron chi connectivity index (χ3n) is 3.58. The minimum atomic E-state index is -3.48. The molecule has 0 spiro atoms. The predicted octanol–water partition coefficient (Wildman–Crippen LogP) is 3.65. The van der Waals surface area contributed by atoms with Gasteiger partial charge in [-0.05, 0) is 32.4 Å². The van der Waals surface area contributed by atoms with E-state index in [-0.39, 0.29) is 6.04 Å². The van der Waals surface area contributed by atoms with Crippen molar-refractivity contribution in [3.05, 3.63) is 29.8 Å². The zero-order valence-electron chi connectivity index (χ0n) is 14.0. The molecule has 1 rings (SSSR count). The van der Waals surface area contributed by atoms with E-state index >= 15 is 0 Å². The number of ether oxygens (including phenoxy) is 1. The summed E-state index contributed by atoms with van der Waals surface area (Å²) in [5.41, 5.74) is 1.05. The first-order chi connectivity index (χ1) is 10.5. The molecule has 0 saturated carbocycles. The van der Waals surface area contributed by atoms with Crippen LogP contribution in [0.4, 0.5) is 0 Å². The number of aryl methyl sites for hydroxylation is 1. The smallest absolute Gasteiger partial charge is 0.240 e. The Kier molecular flexibility index (Phi) is 8.68. The molecule has 1 unspecified atom stereocenters. The SMILES string of the molecule is CCCCCCC(COCC)NS(=O)(=O)c1ccc(C)cc1. The van der Waals surface area contributed by atoms with Crippen LogP contribution < -0.4 is 4.72 Å². The van der Waals surface area contributed by atoms with E-state index < -0.39 is 10.0 Å². The van der Waals surface area contributed by atoms with Gasteiger partial charge in [-0.1, -0.05) is 50.3 Å². The number of nitrogens with one attached hydrogen (secondary N) is 1. The van der Waals surface area contributed by atoms with Crippen molar-refractivity contribution in [3.8, 4) is 0 Å². The lowest BCUT2D eigenvalue weighted by molar-refractivity contribution is 0.125. The molecule has 0 bridgehead atoms. The van der Waals surface area contributed by atoms with Gasteiger partial charge < -0.3 is 4.74 Å². The lowest BCUT2D eigenvalue weighted by atomic mass is 10.1. The molecule has 5 heteroatoms. The lowest BCUT2D eigenvalue weighted by Crippen LogP contribution is -2.38. The Balaban J connectivity index is 2.67. The Bertz CT molecular complexity index is 511. The molecule has 22 heavy (non-hydrogen) atoms. The van der Waals surface area contributed by atoms with E-state index in [9.17, 15) is 8.42 Å². The highest BCUT2D eigenvalue weighted by molar-refractivity contribution is 7.89. The fourth-order valence-electron chi connectivity index (χ4n) is 2.26. The van der Waals surface area contributed by atoms with Gasteiger partial charge in [0, 0.05) is 12.6 Å². The van der Waals surface area contributed by atoms with Crippen LogP contribution in [0.5, 0.6) is 0 Å². The minimum absolute atomic E-state index is 0.164. The molecule has 0 saturated heterocycles. The topological polar surface area (TPSA) is 55.4 Å². The summed E-state index contributed by atoms with van der Waals surface area (Å²) >= 11 is 0. The number of rotatable bonds is 11. The monoisotopic (exact) mass is 327 g/mol. The third kappa shape index (κ3) is 6.90. The molecule has 4 nitrogen and oxygen atoms in total. The van der Waals surface area contributed by atoms with Crippen LogP contribution in [0.2, 0.25) is 0 Å². The summed E-state index contributed by atoms with van der Waals surface area (Å²) in [6, 6.07) is 6.75. The molecular formula is C17H29NO3S. The minimum Gasteiger partial charge on any atom is -0.380 e. The molecule has 0 aliphatic carbocycles.